The van der Waals surface area contributed by atoms with Crippen LogP contribution in [0.1, 0.15) is 35.5 Å². The number of hydrogen-bond acceptors (Lipinski definition) is 4. The number of nitrogens with one attached hydrogen (secondary N) is 1. The van der Waals surface area contributed by atoms with Crippen LogP contribution in [-0.2, 0) is 0 Å². The third kappa shape index (κ3) is 3.26. The molecule has 0 saturated heterocycles. The molecule has 1 aromatic carbocycles. The molecular formula is C15H20N2OS. The largest absolute Gasteiger partial charge is 0.492 e. The van der Waals surface area contributed by atoms with Crippen LogP contribution in [0.5, 0.6) is 5.75 Å². The highest BCUT2D eigenvalue weighted by atomic mass is 32.1. The van der Waals surface area contributed by atoms with Crippen LogP contribution >= 0.6 is 11.3 Å². The molecule has 4 heteroatoms. The van der Waals surface area contributed by atoms with E-state index in [1.807, 2.05) is 38.1 Å². The Kier molecular flexibility index (Phi) is 4.43. The SMILES string of the molecule is CCOc1ccccc1NC(C)c1sc(C)nc1C. The van der Waals surface area contributed by atoms with Crippen LogP contribution in [0.25, 0.3) is 0 Å². The number of aromatic nitrogens is 1. The van der Waals surface area contributed by atoms with Crippen LogP contribution < -0.4 is 10.1 Å². The van der Waals surface area contributed by atoms with Crippen LogP contribution in [0.3, 0.4) is 0 Å². The molecule has 0 saturated carbocycles. The summed E-state index contributed by atoms with van der Waals surface area (Å²) >= 11 is 1.75. The normalized spacial score (nSPS) is 12.2. The van der Waals surface area contributed by atoms with Crippen molar-refractivity contribution in [2.75, 3.05) is 11.9 Å². The standard InChI is InChI=1S/C15H20N2OS/c1-5-18-14-9-7-6-8-13(14)17-11(3)15-10(2)16-12(4)19-15/h6-9,11,17H,5H2,1-4H3. The average Bonchev–Trinajstić information content (AvgIpc) is 2.71. The van der Waals surface area contributed by atoms with Crippen molar-refractivity contribution in [3.63, 3.8) is 0 Å². The topological polar surface area (TPSA) is 34.1 Å². The maximum absolute atomic E-state index is 5.63. The lowest BCUT2D eigenvalue weighted by Crippen LogP contribution is -2.08. The highest BCUT2D eigenvalue weighted by Gasteiger charge is 2.14. The Morgan fingerprint density at radius 2 is 2.05 bits per heavy atom. The molecule has 0 bridgehead atoms. The second-order valence-corrected chi connectivity index (χ2v) is 5.71. The van der Waals surface area contributed by atoms with Crippen LogP contribution in [0.15, 0.2) is 24.3 Å². The molecule has 102 valence electrons. The number of anilines is 1. The van der Waals surface area contributed by atoms with E-state index in [-0.39, 0.29) is 6.04 Å². The summed E-state index contributed by atoms with van der Waals surface area (Å²) in [6.07, 6.45) is 0. The van der Waals surface area contributed by atoms with Gasteiger partial charge in [0.15, 0.2) is 0 Å². The quantitative estimate of drug-likeness (QED) is 0.882. The summed E-state index contributed by atoms with van der Waals surface area (Å²) < 4.78 is 5.63. The molecule has 0 aliphatic carbocycles. The highest BCUT2D eigenvalue weighted by Crippen LogP contribution is 2.31. The summed E-state index contributed by atoms with van der Waals surface area (Å²) in [6.45, 7) is 8.93. The van der Waals surface area contributed by atoms with E-state index in [2.05, 4.69) is 24.1 Å². The fourth-order valence-corrected chi connectivity index (χ4v) is 3.04. The first-order valence-electron chi connectivity index (χ1n) is 6.54. The molecular weight excluding hydrogens is 256 g/mol. The lowest BCUT2D eigenvalue weighted by Gasteiger charge is -2.17. The maximum atomic E-state index is 5.63. The Morgan fingerprint density at radius 3 is 2.68 bits per heavy atom. The Labute approximate surface area is 118 Å². The number of rotatable bonds is 5. The lowest BCUT2D eigenvalue weighted by molar-refractivity contribution is 0.341. The van der Waals surface area contributed by atoms with Crippen molar-refractivity contribution in [1.82, 2.24) is 4.98 Å². The van der Waals surface area contributed by atoms with Crippen LogP contribution in [0.2, 0.25) is 0 Å². The summed E-state index contributed by atoms with van der Waals surface area (Å²) in [4.78, 5) is 5.76. The van der Waals surface area contributed by atoms with E-state index < -0.39 is 0 Å². The summed E-state index contributed by atoms with van der Waals surface area (Å²) in [5.41, 5.74) is 2.14. The van der Waals surface area contributed by atoms with E-state index in [1.165, 1.54) is 4.88 Å². The number of nitrogens with zero attached hydrogens (tertiary/aromatic N) is 1. The van der Waals surface area contributed by atoms with Gasteiger partial charge < -0.3 is 10.1 Å². The van der Waals surface area contributed by atoms with Crippen LogP contribution in [0, 0.1) is 13.8 Å². The molecule has 1 unspecified atom stereocenters. The summed E-state index contributed by atoms with van der Waals surface area (Å²) in [7, 11) is 0. The number of hydrogen-bond donors (Lipinski definition) is 1. The molecule has 0 aliphatic heterocycles. The van der Waals surface area contributed by atoms with Crippen molar-refractivity contribution in [1.29, 1.82) is 0 Å². The van der Waals surface area contributed by atoms with E-state index in [9.17, 15) is 0 Å². The zero-order valence-corrected chi connectivity index (χ0v) is 12.7. The van der Waals surface area contributed by atoms with Crippen molar-refractivity contribution >= 4 is 17.0 Å². The van der Waals surface area contributed by atoms with E-state index in [0.29, 0.717) is 6.61 Å². The molecule has 0 fully saturated rings. The lowest BCUT2D eigenvalue weighted by atomic mass is 10.2. The maximum Gasteiger partial charge on any atom is 0.142 e. The second-order valence-electron chi connectivity index (χ2n) is 4.48. The molecule has 19 heavy (non-hydrogen) atoms. The molecule has 1 aromatic heterocycles. The van der Waals surface area contributed by atoms with Gasteiger partial charge in [0.2, 0.25) is 0 Å². The van der Waals surface area contributed by atoms with Gasteiger partial charge in [0.05, 0.1) is 29.0 Å². The molecule has 0 radical (unpaired) electrons. The predicted octanol–water partition coefficient (Wildman–Crippen LogP) is 4.33. The first-order valence-corrected chi connectivity index (χ1v) is 7.35. The van der Waals surface area contributed by atoms with Gasteiger partial charge in [-0.25, -0.2) is 4.98 Å². The smallest absolute Gasteiger partial charge is 0.142 e. The first kappa shape index (κ1) is 13.9. The molecule has 3 nitrogen and oxygen atoms in total. The predicted molar refractivity (Wildman–Crippen MR) is 81.2 cm³/mol. The molecule has 0 aliphatic rings. The molecule has 1 heterocycles. The van der Waals surface area contributed by atoms with Crippen molar-refractivity contribution in [2.24, 2.45) is 0 Å². The van der Waals surface area contributed by atoms with Gasteiger partial charge in [0.25, 0.3) is 0 Å². The number of para-hydroxylation sites is 2. The third-order valence-corrected chi connectivity index (χ3v) is 4.15. The molecule has 0 amide bonds. The fraction of sp³-hybridized carbons (Fsp3) is 0.400. The monoisotopic (exact) mass is 276 g/mol. The van der Waals surface area contributed by atoms with Gasteiger partial charge in [-0.3, -0.25) is 0 Å². The molecule has 2 aromatic rings. The molecule has 1 atom stereocenters. The van der Waals surface area contributed by atoms with Gasteiger partial charge in [-0.2, -0.15) is 0 Å². The van der Waals surface area contributed by atoms with Crippen molar-refractivity contribution in [2.45, 2.75) is 33.7 Å². The number of thiazole rings is 1. The van der Waals surface area contributed by atoms with Gasteiger partial charge in [0, 0.05) is 4.88 Å². The zero-order chi connectivity index (χ0) is 13.8. The summed E-state index contributed by atoms with van der Waals surface area (Å²) in [6, 6.07) is 8.27. The third-order valence-electron chi connectivity index (χ3n) is 2.89. The van der Waals surface area contributed by atoms with Crippen molar-refractivity contribution < 1.29 is 4.74 Å². The van der Waals surface area contributed by atoms with Crippen molar-refractivity contribution in [3.05, 3.63) is 39.8 Å². The minimum Gasteiger partial charge on any atom is -0.492 e. The molecule has 0 spiro atoms. The fourth-order valence-electron chi connectivity index (χ4n) is 2.11. The van der Waals surface area contributed by atoms with E-state index in [1.54, 1.807) is 11.3 Å². The second kappa shape index (κ2) is 6.06. The van der Waals surface area contributed by atoms with Gasteiger partial charge in [-0.1, -0.05) is 12.1 Å². The Balaban J connectivity index is 2.19. The minimum atomic E-state index is 0.229. The number of aryl methyl sites for hydroxylation is 2. The minimum absolute atomic E-state index is 0.229. The zero-order valence-electron chi connectivity index (χ0n) is 11.9. The molecule has 1 N–H and O–H groups in total. The Morgan fingerprint density at radius 1 is 1.32 bits per heavy atom. The summed E-state index contributed by atoms with van der Waals surface area (Å²) in [5, 5.41) is 4.62. The van der Waals surface area contributed by atoms with Gasteiger partial charge in [-0.15, -0.1) is 11.3 Å². The van der Waals surface area contributed by atoms with E-state index in [4.69, 9.17) is 4.74 Å². The summed E-state index contributed by atoms with van der Waals surface area (Å²) in [5.74, 6) is 0.899. The Hall–Kier alpha value is -1.55. The Bertz CT molecular complexity index is 551. The van der Waals surface area contributed by atoms with Crippen LogP contribution in [-0.4, -0.2) is 11.6 Å². The average molecular weight is 276 g/mol. The van der Waals surface area contributed by atoms with Gasteiger partial charge in [-0.05, 0) is 39.8 Å². The van der Waals surface area contributed by atoms with Crippen LogP contribution in [0.4, 0.5) is 5.69 Å². The van der Waals surface area contributed by atoms with Gasteiger partial charge in [0.1, 0.15) is 5.75 Å². The van der Waals surface area contributed by atoms with E-state index in [0.717, 1.165) is 22.1 Å². The van der Waals surface area contributed by atoms with Gasteiger partial charge >= 0.3 is 0 Å². The molecule has 2 rings (SSSR count). The number of ether oxygens (including phenoxy) is 1. The van der Waals surface area contributed by atoms with E-state index >= 15 is 0 Å². The van der Waals surface area contributed by atoms with Crippen molar-refractivity contribution in [3.8, 4) is 5.75 Å². The highest BCUT2D eigenvalue weighted by molar-refractivity contribution is 7.11. The first-order chi connectivity index (χ1) is 9.11. The number of benzene rings is 1.